The molecule has 4 N–H and O–H groups in total. The maximum Gasteiger partial charge on any atom is 0.212 e. The number of aryl methyl sites for hydroxylation is 1. The van der Waals surface area contributed by atoms with Crippen molar-refractivity contribution in [1.82, 2.24) is 10.5 Å². The standard InChI is InChI=1S/C9H14N4O/c1-7-2-3-8(12-6-7)4-5-11-9(10)13-14/h2-3,6,14H,4-5H2,1H3,(H3,10,11,13). The summed E-state index contributed by atoms with van der Waals surface area (Å²) in [4.78, 5) is 8.06. The molecule has 0 aliphatic heterocycles. The van der Waals surface area contributed by atoms with Crippen LogP contribution in [0.1, 0.15) is 11.3 Å². The lowest BCUT2D eigenvalue weighted by Crippen LogP contribution is -2.28. The molecule has 5 nitrogen and oxygen atoms in total. The van der Waals surface area contributed by atoms with Crippen LogP contribution in [0.15, 0.2) is 23.3 Å². The maximum absolute atomic E-state index is 8.35. The average Bonchev–Trinajstić information content (AvgIpc) is 2.21. The van der Waals surface area contributed by atoms with E-state index in [-0.39, 0.29) is 5.96 Å². The second kappa shape index (κ2) is 5.18. The van der Waals surface area contributed by atoms with E-state index in [4.69, 9.17) is 10.9 Å². The minimum absolute atomic E-state index is 0.0251. The molecule has 14 heavy (non-hydrogen) atoms. The Morgan fingerprint density at radius 3 is 3.00 bits per heavy atom. The maximum atomic E-state index is 8.35. The second-order valence-corrected chi connectivity index (χ2v) is 2.96. The number of aromatic nitrogens is 1. The molecule has 0 aromatic carbocycles. The molecule has 76 valence electrons. The van der Waals surface area contributed by atoms with Gasteiger partial charge >= 0.3 is 0 Å². The van der Waals surface area contributed by atoms with E-state index in [1.54, 1.807) is 5.48 Å². The first-order valence-corrected chi connectivity index (χ1v) is 4.34. The summed E-state index contributed by atoms with van der Waals surface area (Å²) in [6.07, 6.45) is 2.52. The van der Waals surface area contributed by atoms with E-state index in [0.29, 0.717) is 13.0 Å². The molecule has 0 aliphatic carbocycles. The van der Waals surface area contributed by atoms with Gasteiger partial charge in [-0.15, -0.1) is 0 Å². The van der Waals surface area contributed by atoms with Crippen LogP contribution in [0.5, 0.6) is 0 Å². The van der Waals surface area contributed by atoms with E-state index in [1.807, 2.05) is 25.3 Å². The normalized spacial score (nSPS) is 11.4. The summed E-state index contributed by atoms with van der Waals surface area (Å²) >= 11 is 0. The third kappa shape index (κ3) is 3.40. The van der Waals surface area contributed by atoms with Crippen LogP contribution in [0.3, 0.4) is 0 Å². The Labute approximate surface area is 82.6 Å². The molecule has 1 aromatic heterocycles. The van der Waals surface area contributed by atoms with Gasteiger partial charge in [0.2, 0.25) is 5.96 Å². The fraction of sp³-hybridized carbons (Fsp3) is 0.333. The summed E-state index contributed by atoms with van der Waals surface area (Å²) in [5.74, 6) is 0.0251. The molecule has 1 aromatic rings. The number of hydrogen-bond donors (Lipinski definition) is 3. The number of guanidine groups is 1. The first kappa shape index (κ1) is 10.5. The molecule has 0 bridgehead atoms. The molecule has 1 rings (SSSR count). The molecular weight excluding hydrogens is 180 g/mol. The van der Waals surface area contributed by atoms with Gasteiger partial charge in [-0.05, 0) is 18.6 Å². The van der Waals surface area contributed by atoms with Crippen molar-refractivity contribution < 1.29 is 5.21 Å². The molecule has 1 heterocycles. The molecule has 0 spiro atoms. The number of nitrogens with one attached hydrogen (secondary N) is 1. The summed E-state index contributed by atoms with van der Waals surface area (Å²) in [6, 6.07) is 3.95. The Hall–Kier alpha value is -1.62. The van der Waals surface area contributed by atoms with Gasteiger partial charge in [0.25, 0.3) is 0 Å². The van der Waals surface area contributed by atoms with Crippen molar-refractivity contribution in [2.24, 2.45) is 10.7 Å². The van der Waals surface area contributed by atoms with Crippen molar-refractivity contribution in [3.8, 4) is 0 Å². The summed E-state index contributed by atoms with van der Waals surface area (Å²) in [7, 11) is 0. The van der Waals surface area contributed by atoms with Gasteiger partial charge in [0.15, 0.2) is 0 Å². The van der Waals surface area contributed by atoms with E-state index < -0.39 is 0 Å². The van der Waals surface area contributed by atoms with Crippen LogP contribution in [0.2, 0.25) is 0 Å². The minimum Gasteiger partial charge on any atom is -0.368 e. The topological polar surface area (TPSA) is 83.5 Å². The Bertz CT molecular complexity index is 307. The monoisotopic (exact) mass is 194 g/mol. The van der Waals surface area contributed by atoms with Gasteiger partial charge < -0.3 is 5.73 Å². The van der Waals surface area contributed by atoms with Gasteiger partial charge in [0.05, 0.1) is 0 Å². The van der Waals surface area contributed by atoms with Crippen LogP contribution >= 0.6 is 0 Å². The van der Waals surface area contributed by atoms with Gasteiger partial charge in [0.1, 0.15) is 0 Å². The second-order valence-electron chi connectivity index (χ2n) is 2.96. The predicted molar refractivity (Wildman–Crippen MR) is 54.1 cm³/mol. The number of hydrogen-bond acceptors (Lipinski definition) is 3. The third-order valence-corrected chi connectivity index (χ3v) is 1.74. The first-order chi connectivity index (χ1) is 6.72. The quantitative estimate of drug-likeness (QED) is 0.365. The van der Waals surface area contributed by atoms with Gasteiger partial charge in [-0.2, -0.15) is 0 Å². The molecule has 0 atom stereocenters. The van der Waals surface area contributed by atoms with Gasteiger partial charge in [-0.3, -0.25) is 15.2 Å². The Balaban J connectivity index is 2.42. The Kier molecular flexibility index (Phi) is 3.87. The fourth-order valence-electron chi connectivity index (χ4n) is 0.973. The summed E-state index contributed by atoms with van der Waals surface area (Å²) in [6.45, 7) is 2.50. The van der Waals surface area contributed by atoms with E-state index >= 15 is 0 Å². The Morgan fingerprint density at radius 1 is 1.64 bits per heavy atom. The van der Waals surface area contributed by atoms with Crippen molar-refractivity contribution in [3.05, 3.63) is 29.6 Å². The van der Waals surface area contributed by atoms with Crippen molar-refractivity contribution in [1.29, 1.82) is 0 Å². The Morgan fingerprint density at radius 2 is 2.43 bits per heavy atom. The fourth-order valence-corrected chi connectivity index (χ4v) is 0.973. The molecule has 0 amide bonds. The highest BCUT2D eigenvalue weighted by atomic mass is 16.5. The summed E-state index contributed by atoms with van der Waals surface area (Å²) in [5, 5.41) is 8.35. The van der Waals surface area contributed by atoms with E-state index in [1.165, 1.54) is 0 Å². The molecule has 0 saturated heterocycles. The van der Waals surface area contributed by atoms with E-state index in [2.05, 4.69) is 9.98 Å². The number of rotatable bonds is 3. The zero-order valence-electron chi connectivity index (χ0n) is 8.07. The van der Waals surface area contributed by atoms with Crippen LogP contribution in [0.4, 0.5) is 0 Å². The van der Waals surface area contributed by atoms with Crippen LogP contribution in [0, 0.1) is 6.92 Å². The zero-order valence-corrected chi connectivity index (χ0v) is 8.07. The lowest BCUT2D eigenvalue weighted by atomic mass is 10.2. The number of pyridine rings is 1. The van der Waals surface area contributed by atoms with Crippen molar-refractivity contribution in [3.63, 3.8) is 0 Å². The number of hydroxylamine groups is 1. The SMILES string of the molecule is Cc1ccc(CCN=C(N)NO)nc1. The number of nitrogens with two attached hydrogens (primary N) is 1. The molecule has 0 unspecified atom stereocenters. The molecule has 0 radical (unpaired) electrons. The van der Waals surface area contributed by atoms with Crippen molar-refractivity contribution in [2.45, 2.75) is 13.3 Å². The molecule has 0 saturated carbocycles. The lowest BCUT2D eigenvalue weighted by molar-refractivity contribution is 0.232. The predicted octanol–water partition coefficient (Wildman–Crippen LogP) is 0.226. The molecule has 0 aliphatic rings. The average molecular weight is 194 g/mol. The van der Waals surface area contributed by atoms with Crippen molar-refractivity contribution >= 4 is 5.96 Å². The molecule has 0 fully saturated rings. The van der Waals surface area contributed by atoms with E-state index in [0.717, 1.165) is 11.3 Å². The van der Waals surface area contributed by atoms with Crippen LogP contribution in [0.25, 0.3) is 0 Å². The summed E-state index contributed by atoms with van der Waals surface area (Å²) in [5.41, 5.74) is 9.09. The minimum atomic E-state index is 0.0251. The van der Waals surface area contributed by atoms with Gasteiger partial charge in [-0.25, -0.2) is 5.48 Å². The van der Waals surface area contributed by atoms with E-state index in [9.17, 15) is 0 Å². The highest BCUT2D eigenvalue weighted by Crippen LogP contribution is 1.99. The largest absolute Gasteiger partial charge is 0.368 e. The van der Waals surface area contributed by atoms with Crippen LogP contribution < -0.4 is 11.2 Å². The zero-order chi connectivity index (χ0) is 10.4. The first-order valence-electron chi connectivity index (χ1n) is 4.34. The van der Waals surface area contributed by atoms with Gasteiger partial charge in [0, 0.05) is 24.9 Å². The summed E-state index contributed by atoms with van der Waals surface area (Å²) < 4.78 is 0. The number of aliphatic imine (C=N–C) groups is 1. The number of nitrogens with zero attached hydrogens (tertiary/aromatic N) is 2. The van der Waals surface area contributed by atoms with Crippen LogP contribution in [-0.2, 0) is 6.42 Å². The van der Waals surface area contributed by atoms with Crippen LogP contribution in [-0.4, -0.2) is 22.7 Å². The smallest absolute Gasteiger partial charge is 0.212 e. The lowest BCUT2D eigenvalue weighted by Gasteiger charge is -1.99. The van der Waals surface area contributed by atoms with Crippen molar-refractivity contribution in [2.75, 3.05) is 6.54 Å². The highest BCUT2D eigenvalue weighted by molar-refractivity contribution is 5.76. The highest BCUT2D eigenvalue weighted by Gasteiger charge is 1.93. The van der Waals surface area contributed by atoms with Gasteiger partial charge in [-0.1, -0.05) is 6.07 Å². The molecular formula is C9H14N4O. The molecule has 5 heteroatoms. The third-order valence-electron chi connectivity index (χ3n) is 1.74.